The number of halogens is 1. The maximum absolute atomic E-state index is 12.1. The first-order chi connectivity index (χ1) is 8.15. The Balaban J connectivity index is 2.77. The topological polar surface area (TPSA) is 66.4 Å². The highest BCUT2D eigenvalue weighted by Gasteiger charge is 2.21. The average molecular weight is 356 g/mol. The van der Waals surface area contributed by atoms with Crippen molar-refractivity contribution in [3.8, 4) is 0 Å². The van der Waals surface area contributed by atoms with Crippen molar-refractivity contribution in [1.29, 1.82) is 0 Å². The van der Waals surface area contributed by atoms with Crippen molar-refractivity contribution in [1.82, 2.24) is 4.72 Å². The van der Waals surface area contributed by atoms with Crippen LogP contribution in [0.4, 0.5) is 0 Å². The minimum absolute atomic E-state index is 0.0880. The zero-order valence-electron chi connectivity index (χ0n) is 10.7. The van der Waals surface area contributed by atoms with Crippen LogP contribution in [0.15, 0.2) is 14.7 Å². The molecule has 7 heteroatoms. The molecule has 0 aliphatic rings. The lowest BCUT2D eigenvalue weighted by atomic mass is 9.93. The molecule has 0 aliphatic carbocycles. The third-order valence-corrected chi connectivity index (χ3v) is 6.02. The Labute approximate surface area is 121 Å². The van der Waals surface area contributed by atoms with Gasteiger partial charge in [0.15, 0.2) is 0 Å². The van der Waals surface area contributed by atoms with Crippen LogP contribution in [0.2, 0.25) is 0 Å². The van der Waals surface area contributed by atoms with Gasteiger partial charge in [-0.25, -0.2) is 13.1 Å². The van der Waals surface area contributed by atoms with E-state index in [-0.39, 0.29) is 16.9 Å². The van der Waals surface area contributed by atoms with Crippen molar-refractivity contribution in [2.24, 2.45) is 5.41 Å². The summed E-state index contributed by atoms with van der Waals surface area (Å²) in [4.78, 5) is 0.823. The second-order valence-corrected chi connectivity index (χ2v) is 9.41. The van der Waals surface area contributed by atoms with E-state index in [1.54, 1.807) is 0 Å². The quantitative estimate of drug-likeness (QED) is 0.853. The summed E-state index contributed by atoms with van der Waals surface area (Å²) in [6.07, 6.45) is 0.765. The van der Waals surface area contributed by atoms with Crippen molar-refractivity contribution in [2.75, 3.05) is 6.54 Å². The fourth-order valence-electron chi connectivity index (χ4n) is 1.30. The van der Waals surface area contributed by atoms with Gasteiger partial charge in [0, 0.05) is 11.4 Å². The summed E-state index contributed by atoms with van der Waals surface area (Å²) >= 11 is 4.44. The number of hydrogen-bond acceptors (Lipinski definition) is 4. The highest BCUT2D eigenvalue weighted by atomic mass is 79.9. The van der Waals surface area contributed by atoms with Gasteiger partial charge in [0.2, 0.25) is 10.0 Å². The Hall–Kier alpha value is 0.0500. The van der Waals surface area contributed by atoms with Crippen molar-refractivity contribution in [3.05, 3.63) is 14.7 Å². The molecule has 1 heterocycles. The molecule has 2 N–H and O–H groups in total. The number of hydrogen-bond donors (Lipinski definition) is 2. The lowest BCUT2D eigenvalue weighted by Crippen LogP contribution is -2.27. The third-order valence-electron chi connectivity index (χ3n) is 2.32. The monoisotopic (exact) mass is 355 g/mol. The summed E-state index contributed by atoms with van der Waals surface area (Å²) in [6.45, 7) is 6.44. The molecular formula is C11H18BrNO3S2. The maximum Gasteiger partial charge on any atom is 0.242 e. The van der Waals surface area contributed by atoms with Crippen molar-refractivity contribution in [2.45, 2.75) is 38.7 Å². The van der Waals surface area contributed by atoms with Gasteiger partial charge in [0.1, 0.15) is 4.90 Å². The van der Waals surface area contributed by atoms with E-state index in [9.17, 15) is 8.42 Å². The third kappa shape index (κ3) is 4.62. The number of aliphatic hydroxyl groups excluding tert-OH is 1. The molecule has 0 atom stereocenters. The number of thiophene rings is 1. The van der Waals surface area contributed by atoms with Gasteiger partial charge < -0.3 is 5.11 Å². The predicted octanol–water partition coefficient (Wildman–Crippen LogP) is 2.72. The number of rotatable bonds is 5. The lowest BCUT2D eigenvalue weighted by Gasteiger charge is -2.17. The highest BCUT2D eigenvalue weighted by Crippen LogP contribution is 2.31. The van der Waals surface area contributed by atoms with E-state index in [2.05, 4.69) is 41.4 Å². The second kappa shape index (κ2) is 6.00. The van der Waals surface area contributed by atoms with Crippen LogP contribution in [-0.2, 0) is 16.6 Å². The molecule has 0 aliphatic heterocycles. The molecule has 1 rings (SSSR count). The number of nitrogens with one attached hydrogen (secondary N) is 1. The Kier molecular flexibility index (Phi) is 5.37. The molecule has 0 bridgehead atoms. The summed E-state index contributed by atoms with van der Waals surface area (Å²) in [5.41, 5.74) is 0.0880. The maximum atomic E-state index is 12.1. The van der Waals surface area contributed by atoms with E-state index in [0.717, 1.165) is 6.42 Å². The van der Waals surface area contributed by atoms with E-state index in [1.807, 2.05) is 0 Å². The molecule has 0 radical (unpaired) electrons. The first-order valence-corrected chi connectivity index (χ1v) is 8.64. The number of aliphatic hydroxyl groups is 1. The van der Waals surface area contributed by atoms with Crippen molar-refractivity contribution in [3.63, 3.8) is 0 Å². The van der Waals surface area contributed by atoms with E-state index in [4.69, 9.17) is 5.11 Å². The largest absolute Gasteiger partial charge is 0.391 e. The summed E-state index contributed by atoms with van der Waals surface area (Å²) in [5, 5.41) is 9.00. The van der Waals surface area contributed by atoms with Crippen LogP contribution in [0.3, 0.4) is 0 Å². The van der Waals surface area contributed by atoms with E-state index >= 15 is 0 Å². The first kappa shape index (κ1) is 16.1. The summed E-state index contributed by atoms with van der Waals surface area (Å²) in [5.74, 6) is 0. The molecule has 1 aromatic rings. The molecule has 4 nitrogen and oxygen atoms in total. The van der Waals surface area contributed by atoms with Gasteiger partial charge in [0.25, 0.3) is 0 Å². The van der Waals surface area contributed by atoms with Crippen molar-refractivity contribution < 1.29 is 13.5 Å². The van der Waals surface area contributed by atoms with Crippen LogP contribution in [0, 0.1) is 5.41 Å². The smallest absolute Gasteiger partial charge is 0.242 e. The summed E-state index contributed by atoms with van der Waals surface area (Å²) in [7, 11) is -3.50. The summed E-state index contributed by atoms with van der Waals surface area (Å²) < 4.78 is 27.2. The molecule has 18 heavy (non-hydrogen) atoms. The van der Waals surface area contributed by atoms with E-state index in [0.29, 0.717) is 15.2 Å². The lowest BCUT2D eigenvalue weighted by molar-refractivity contribution is 0.285. The average Bonchev–Trinajstić information content (AvgIpc) is 2.58. The molecule has 104 valence electrons. The molecule has 0 fully saturated rings. The SMILES string of the molecule is CC(C)(C)CCNS(=O)(=O)c1cc(CO)sc1Br. The Morgan fingerprint density at radius 1 is 1.44 bits per heavy atom. The Bertz CT molecular complexity index is 503. The Morgan fingerprint density at radius 3 is 2.50 bits per heavy atom. The molecule has 0 saturated carbocycles. The fraction of sp³-hybridized carbons (Fsp3) is 0.636. The zero-order chi connectivity index (χ0) is 14.0. The van der Waals surface area contributed by atoms with E-state index in [1.165, 1.54) is 17.4 Å². The fourth-order valence-corrected chi connectivity index (χ4v) is 4.87. The summed E-state index contributed by atoms with van der Waals surface area (Å²) in [6, 6.07) is 1.49. The van der Waals surface area contributed by atoms with Gasteiger partial charge >= 0.3 is 0 Å². The van der Waals surface area contributed by atoms with E-state index < -0.39 is 10.0 Å². The molecule has 1 aromatic heterocycles. The van der Waals surface area contributed by atoms with Crippen molar-refractivity contribution >= 4 is 37.3 Å². The Morgan fingerprint density at radius 2 is 2.06 bits per heavy atom. The second-order valence-electron chi connectivity index (χ2n) is 5.22. The highest BCUT2D eigenvalue weighted by molar-refractivity contribution is 9.11. The van der Waals surface area contributed by atoms with Gasteiger partial charge in [-0.05, 0) is 33.8 Å². The van der Waals surface area contributed by atoms with Gasteiger partial charge in [-0.15, -0.1) is 11.3 Å². The van der Waals surface area contributed by atoms with Crippen LogP contribution in [0.1, 0.15) is 32.1 Å². The van der Waals surface area contributed by atoms with Crippen LogP contribution in [-0.4, -0.2) is 20.1 Å². The minimum atomic E-state index is -3.50. The standard InChI is InChI=1S/C11H18BrNO3S2/c1-11(2,3)4-5-13-18(15,16)9-6-8(7-14)17-10(9)12/h6,13-14H,4-5,7H2,1-3H3. The van der Waals surface area contributed by atoms with Gasteiger partial charge in [-0.2, -0.15) is 0 Å². The van der Waals surface area contributed by atoms with Gasteiger partial charge in [0.05, 0.1) is 10.4 Å². The molecule has 0 saturated heterocycles. The first-order valence-electron chi connectivity index (χ1n) is 5.54. The van der Waals surface area contributed by atoms with Gasteiger partial charge in [-0.1, -0.05) is 20.8 Å². The molecule has 0 amide bonds. The van der Waals surface area contributed by atoms with Crippen LogP contribution in [0.5, 0.6) is 0 Å². The zero-order valence-corrected chi connectivity index (χ0v) is 13.9. The van der Waals surface area contributed by atoms with Gasteiger partial charge in [-0.3, -0.25) is 0 Å². The molecule has 0 unspecified atom stereocenters. The van der Waals surface area contributed by atoms with Crippen LogP contribution >= 0.6 is 27.3 Å². The minimum Gasteiger partial charge on any atom is -0.391 e. The number of sulfonamides is 1. The van der Waals surface area contributed by atoms with Crippen LogP contribution < -0.4 is 4.72 Å². The molecular weight excluding hydrogens is 338 g/mol. The molecule has 0 spiro atoms. The predicted molar refractivity (Wildman–Crippen MR) is 77.2 cm³/mol. The normalized spacial score (nSPS) is 12.9. The van der Waals surface area contributed by atoms with Crippen LogP contribution in [0.25, 0.3) is 0 Å². The molecule has 0 aromatic carbocycles.